The first-order valence-corrected chi connectivity index (χ1v) is 2.28. The predicted octanol–water partition coefficient (Wildman–Crippen LogP) is 1.20. The van der Waals surface area contributed by atoms with E-state index in [4.69, 9.17) is 5.11 Å². The highest BCUT2D eigenvalue weighted by molar-refractivity contribution is 5.69. The molecule has 0 aliphatic carbocycles. The van der Waals surface area contributed by atoms with E-state index in [1.807, 2.05) is 0 Å². The SMILES string of the molecule is CC=CC=C(O)C=O. The Hall–Kier alpha value is -1.05. The van der Waals surface area contributed by atoms with Crippen LogP contribution in [0, 0.1) is 0 Å². The van der Waals surface area contributed by atoms with Crippen LogP contribution in [0.1, 0.15) is 6.92 Å². The number of aliphatic hydroxyl groups is 1. The van der Waals surface area contributed by atoms with E-state index in [0.717, 1.165) is 0 Å². The molecule has 2 heteroatoms. The normalized spacial score (nSPS) is 12.4. The topological polar surface area (TPSA) is 37.3 Å². The average Bonchev–Trinajstić information content (AvgIpc) is 1.83. The van der Waals surface area contributed by atoms with E-state index in [1.54, 1.807) is 19.1 Å². The number of hydrogen-bond donors (Lipinski definition) is 1. The van der Waals surface area contributed by atoms with Crippen molar-refractivity contribution in [2.75, 3.05) is 0 Å². The Kier molecular flexibility index (Phi) is 3.58. The van der Waals surface area contributed by atoms with E-state index >= 15 is 0 Å². The molecule has 0 unspecified atom stereocenters. The molecule has 0 heterocycles. The summed E-state index contributed by atoms with van der Waals surface area (Å²) >= 11 is 0. The lowest BCUT2D eigenvalue weighted by Crippen LogP contribution is -1.76. The third-order valence-electron chi connectivity index (χ3n) is 0.580. The molecule has 0 aliphatic rings. The van der Waals surface area contributed by atoms with Crippen LogP contribution in [0.3, 0.4) is 0 Å². The van der Waals surface area contributed by atoms with Gasteiger partial charge in [-0.2, -0.15) is 0 Å². The quantitative estimate of drug-likeness (QED) is 0.252. The molecule has 44 valence electrons. The van der Waals surface area contributed by atoms with Crippen LogP contribution in [0.25, 0.3) is 0 Å². The summed E-state index contributed by atoms with van der Waals surface area (Å²) in [6.45, 7) is 1.80. The molecule has 0 rings (SSSR count). The largest absolute Gasteiger partial charge is 0.505 e. The third kappa shape index (κ3) is 3.15. The molecule has 0 fully saturated rings. The molecular formula is C6H8O2. The molecule has 0 amide bonds. The molecular weight excluding hydrogens is 104 g/mol. The van der Waals surface area contributed by atoms with Crippen molar-refractivity contribution in [1.29, 1.82) is 0 Å². The summed E-state index contributed by atoms with van der Waals surface area (Å²) in [7, 11) is 0. The summed E-state index contributed by atoms with van der Waals surface area (Å²) in [4.78, 5) is 9.66. The van der Waals surface area contributed by atoms with Gasteiger partial charge in [0.05, 0.1) is 0 Å². The molecule has 1 N–H and O–H groups in total. The molecule has 0 spiro atoms. The zero-order valence-electron chi connectivity index (χ0n) is 4.66. The first kappa shape index (κ1) is 6.95. The van der Waals surface area contributed by atoms with Gasteiger partial charge in [-0.1, -0.05) is 12.2 Å². The van der Waals surface area contributed by atoms with Gasteiger partial charge in [-0.15, -0.1) is 0 Å². The van der Waals surface area contributed by atoms with Crippen molar-refractivity contribution in [2.45, 2.75) is 6.92 Å². The van der Waals surface area contributed by atoms with Gasteiger partial charge in [-0.3, -0.25) is 4.79 Å². The summed E-state index contributed by atoms with van der Waals surface area (Å²) in [6, 6.07) is 0. The van der Waals surface area contributed by atoms with E-state index in [2.05, 4.69) is 0 Å². The van der Waals surface area contributed by atoms with Gasteiger partial charge in [0, 0.05) is 0 Å². The van der Waals surface area contributed by atoms with Gasteiger partial charge in [-0.25, -0.2) is 0 Å². The van der Waals surface area contributed by atoms with E-state index in [0.29, 0.717) is 6.29 Å². The molecule has 2 nitrogen and oxygen atoms in total. The second-order valence-electron chi connectivity index (χ2n) is 1.24. The van der Waals surface area contributed by atoms with Crippen molar-refractivity contribution in [3.8, 4) is 0 Å². The van der Waals surface area contributed by atoms with Crippen molar-refractivity contribution in [3.05, 3.63) is 24.0 Å². The Balaban J connectivity index is 3.74. The number of hydrogen-bond acceptors (Lipinski definition) is 2. The van der Waals surface area contributed by atoms with Crippen LogP contribution in [0.15, 0.2) is 24.0 Å². The Morgan fingerprint density at radius 3 is 2.62 bits per heavy atom. The number of rotatable bonds is 2. The summed E-state index contributed by atoms with van der Waals surface area (Å²) in [5.74, 6) is -0.247. The monoisotopic (exact) mass is 112 g/mol. The zero-order valence-corrected chi connectivity index (χ0v) is 4.66. The fourth-order valence-corrected chi connectivity index (χ4v) is 0.234. The number of aldehydes is 1. The molecule has 0 aromatic rings. The van der Waals surface area contributed by atoms with Gasteiger partial charge in [0.1, 0.15) is 0 Å². The highest BCUT2D eigenvalue weighted by Crippen LogP contribution is 1.81. The first-order chi connectivity index (χ1) is 3.81. The van der Waals surface area contributed by atoms with Gasteiger partial charge in [0.15, 0.2) is 12.0 Å². The number of allylic oxidation sites excluding steroid dienone is 4. The Bertz CT molecular complexity index is 122. The standard InChI is InChI=1S/C6H8O2/c1-2-3-4-6(8)5-7/h2-5,8H,1H3. The van der Waals surface area contributed by atoms with Crippen LogP contribution >= 0.6 is 0 Å². The van der Waals surface area contributed by atoms with Crippen molar-refractivity contribution in [1.82, 2.24) is 0 Å². The number of carbonyl (C=O) groups is 1. The molecule has 0 bridgehead atoms. The van der Waals surface area contributed by atoms with Gasteiger partial charge in [0.2, 0.25) is 0 Å². The summed E-state index contributed by atoms with van der Waals surface area (Å²) < 4.78 is 0. The minimum Gasteiger partial charge on any atom is -0.505 e. The van der Waals surface area contributed by atoms with Crippen LogP contribution < -0.4 is 0 Å². The van der Waals surface area contributed by atoms with E-state index in [1.165, 1.54) is 6.08 Å². The van der Waals surface area contributed by atoms with Crippen LogP contribution in [0.4, 0.5) is 0 Å². The molecule has 0 aliphatic heterocycles. The van der Waals surface area contributed by atoms with Crippen molar-refractivity contribution >= 4 is 6.29 Å². The average molecular weight is 112 g/mol. The Morgan fingerprint density at radius 1 is 1.62 bits per heavy atom. The lowest BCUT2D eigenvalue weighted by Gasteiger charge is -1.77. The molecule has 0 aromatic carbocycles. The fourth-order valence-electron chi connectivity index (χ4n) is 0.234. The first-order valence-electron chi connectivity index (χ1n) is 2.28. The van der Waals surface area contributed by atoms with Crippen LogP contribution in [-0.2, 0) is 4.79 Å². The van der Waals surface area contributed by atoms with Crippen LogP contribution in [-0.4, -0.2) is 11.4 Å². The number of carbonyl (C=O) groups excluding carboxylic acids is 1. The second-order valence-corrected chi connectivity index (χ2v) is 1.24. The fraction of sp³-hybridized carbons (Fsp3) is 0.167. The van der Waals surface area contributed by atoms with Gasteiger partial charge in [-0.05, 0) is 13.0 Å². The van der Waals surface area contributed by atoms with Crippen molar-refractivity contribution in [3.63, 3.8) is 0 Å². The minimum absolute atomic E-state index is 0.247. The van der Waals surface area contributed by atoms with Gasteiger partial charge in [0.25, 0.3) is 0 Å². The molecule has 0 radical (unpaired) electrons. The van der Waals surface area contributed by atoms with E-state index in [-0.39, 0.29) is 5.76 Å². The zero-order chi connectivity index (χ0) is 6.41. The van der Waals surface area contributed by atoms with Gasteiger partial charge >= 0.3 is 0 Å². The highest BCUT2D eigenvalue weighted by Gasteiger charge is 1.78. The van der Waals surface area contributed by atoms with Crippen molar-refractivity contribution in [2.24, 2.45) is 0 Å². The van der Waals surface area contributed by atoms with Crippen LogP contribution in [0.5, 0.6) is 0 Å². The second kappa shape index (κ2) is 4.12. The molecule has 0 aromatic heterocycles. The maximum atomic E-state index is 9.66. The molecule has 0 saturated heterocycles. The lowest BCUT2D eigenvalue weighted by atomic mass is 10.4. The number of aliphatic hydroxyl groups excluding tert-OH is 1. The molecule has 0 atom stereocenters. The Labute approximate surface area is 48.1 Å². The lowest BCUT2D eigenvalue weighted by molar-refractivity contribution is -0.106. The summed E-state index contributed by atoms with van der Waals surface area (Å²) in [5.41, 5.74) is 0. The Morgan fingerprint density at radius 2 is 2.25 bits per heavy atom. The summed E-state index contributed by atoms with van der Waals surface area (Å²) in [6.07, 6.45) is 5.02. The molecule has 0 saturated carbocycles. The van der Waals surface area contributed by atoms with Crippen molar-refractivity contribution < 1.29 is 9.90 Å². The van der Waals surface area contributed by atoms with Crippen LogP contribution in [0.2, 0.25) is 0 Å². The summed E-state index contributed by atoms with van der Waals surface area (Å²) in [5, 5.41) is 8.43. The molecule has 8 heavy (non-hydrogen) atoms. The van der Waals surface area contributed by atoms with E-state index in [9.17, 15) is 4.79 Å². The maximum Gasteiger partial charge on any atom is 0.184 e. The smallest absolute Gasteiger partial charge is 0.184 e. The minimum atomic E-state index is -0.247. The van der Waals surface area contributed by atoms with Gasteiger partial charge < -0.3 is 5.11 Å². The predicted molar refractivity (Wildman–Crippen MR) is 31.6 cm³/mol. The third-order valence-corrected chi connectivity index (χ3v) is 0.580. The highest BCUT2D eigenvalue weighted by atomic mass is 16.3. The van der Waals surface area contributed by atoms with E-state index < -0.39 is 0 Å². The maximum absolute atomic E-state index is 9.66.